The molecule has 0 aliphatic carbocycles. The van der Waals surface area contributed by atoms with Crippen LogP contribution in [0.25, 0.3) is 5.95 Å². The van der Waals surface area contributed by atoms with Crippen LogP contribution in [0.4, 0.5) is 0 Å². The van der Waals surface area contributed by atoms with Crippen molar-refractivity contribution in [3.8, 4) is 17.4 Å². The molecule has 0 spiro atoms. The number of benzene rings is 1. The second-order valence-corrected chi connectivity index (χ2v) is 6.74. The van der Waals surface area contributed by atoms with Crippen LogP contribution in [0.5, 0.6) is 11.5 Å². The maximum absolute atomic E-state index is 12.1. The lowest BCUT2D eigenvalue weighted by molar-refractivity contribution is -0.118. The minimum Gasteiger partial charge on any atom is -0.454 e. The first-order valence-electron chi connectivity index (χ1n) is 8.37. The summed E-state index contributed by atoms with van der Waals surface area (Å²) in [6, 6.07) is 7.60. The summed E-state index contributed by atoms with van der Waals surface area (Å²) in [6.45, 7) is 0.821. The molecule has 3 aromatic rings. The highest BCUT2D eigenvalue weighted by molar-refractivity contribution is 7.99. The van der Waals surface area contributed by atoms with Crippen molar-refractivity contribution < 1.29 is 14.3 Å². The average molecular weight is 383 g/mol. The molecule has 0 radical (unpaired) electrons. The van der Waals surface area contributed by atoms with Crippen molar-refractivity contribution >= 4 is 17.7 Å². The molecule has 3 heterocycles. The SMILES string of the molecule is O=C(CSc1ccnc(-n2ccnc2)n1)NCCc1ccc2c(c1)OCO2. The van der Waals surface area contributed by atoms with Crippen molar-refractivity contribution in [1.29, 1.82) is 0 Å². The van der Waals surface area contributed by atoms with Crippen molar-refractivity contribution in [1.82, 2.24) is 24.8 Å². The highest BCUT2D eigenvalue weighted by Crippen LogP contribution is 2.32. The van der Waals surface area contributed by atoms with Crippen molar-refractivity contribution in [3.05, 3.63) is 54.7 Å². The number of imidazole rings is 1. The quantitative estimate of drug-likeness (QED) is 0.492. The number of nitrogens with one attached hydrogen (secondary N) is 1. The van der Waals surface area contributed by atoms with Crippen LogP contribution >= 0.6 is 11.8 Å². The Balaban J connectivity index is 1.24. The summed E-state index contributed by atoms with van der Waals surface area (Å²) < 4.78 is 12.4. The Labute approximate surface area is 160 Å². The first kappa shape index (κ1) is 17.3. The summed E-state index contributed by atoms with van der Waals surface area (Å²) in [7, 11) is 0. The van der Waals surface area contributed by atoms with Gasteiger partial charge in [-0.2, -0.15) is 0 Å². The fraction of sp³-hybridized carbons (Fsp3) is 0.222. The van der Waals surface area contributed by atoms with E-state index in [-0.39, 0.29) is 12.7 Å². The number of rotatable bonds is 7. The number of ether oxygens (including phenoxy) is 2. The van der Waals surface area contributed by atoms with E-state index in [1.165, 1.54) is 11.8 Å². The lowest BCUT2D eigenvalue weighted by Gasteiger charge is -2.07. The van der Waals surface area contributed by atoms with Crippen LogP contribution in [0.2, 0.25) is 0 Å². The highest BCUT2D eigenvalue weighted by Gasteiger charge is 2.13. The van der Waals surface area contributed by atoms with Crippen LogP contribution in [0.15, 0.2) is 54.2 Å². The van der Waals surface area contributed by atoms with Gasteiger partial charge in [-0.05, 0) is 30.2 Å². The van der Waals surface area contributed by atoms with Gasteiger partial charge in [-0.25, -0.2) is 15.0 Å². The first-order valence-corrected chi connectivity index (χ1v) is 9.36. The molecular weight excluding hydrogens is 366 g/mol. The van der Waals surface area contributed by atoms with Gasteiger partial charge in [0.05, 0.1) is 5.75 Å². The fourth-order valence-electron chi connectivity index (χ4n) is 2.55. The molecule has 0 saturated heterocycles. The van der Waals surface area contributed by atoms with Crippen LogP contribution in [0, 0.1) is 0 Å². The van der Waals surface area contributed by atoms with E-state index in [2.05, 4.69) is 20.3 Å². The zero-order chi connectivity index (χ0) is 18.5. The minimum absolute atomic E-state index is 0.0384. The average Bonchev–Trinajstić information content (AvgIpc) is 3.38. The van der Waals surface area contributed by atoms with Gasteiger partial charge in [-0.15, -0.1) is 0 Å². The van der Waals surface area contributed by atoms with Crippen LogP contribution in [0.1, 0.15) is 5.56 Å². The van der Waals surface area contributed by atoms with Gasteiger partial charge < -0.3 is 14.8 Å². The molecule has 9 heteroatoms. The van der Waals surface area contributed by atoms with E-state index >= 15 is 0 Å². The number of carbonyl (C=O) groups excluding carboxylic acids is 1. The third-order valence-electron chi connectivity index (χ3n) is 3.88. The molecule has 27 heavy (non-hydrogen) atoms. The van der Waals surface area contributed by atoms with E-state index < -0.39 is 0 Å². The van der Waals surface area contributed by atoms with Gasteiger partial charge in [0.15, 0.2) is 11.5 Å². The molecule has 1 amide bonds. The van der Waals surface area contributed by atoms with Gasteiger partial charge in [-0.3, -0.25) is 9.36 Å². The van der Waals surface area contributed by atoms with Crippen molar-refractivity contribution in [2.75, 3.05) is 19.1 Å². The van der Waals surface area contributed by atoms with E-state index in [9.17, 15) is 4.79 Å². The molecule has 0 saturated carbocycles. The normalized spacial score (nSPS) is 12.1. The minimum atomic E-state index is -0.0384. The molecular formula is C18H17N5O3S. The Bertz CT molecular complexity index is 933. The number of hydrogen-bond donors (Lipinski definition) is 1. The molecule has 138 valence electrons. The molecule has 2 aromatic heterocycles. The Kier molecular flexibility index (Phi) is 5.20. The van der Waals surface area contributed by atoms with Crippen LogP contribution < -0.4 is 14.8 Å². The second-order valence-electron chi connectivity index (χ2n) is 5.74. The van der Waals surface area contributed by atoms with E-state index in [0.29, 0.717) is 18.2 Å². The zero-order valence-corrected chi connectivity index (χ0v) is 15.2. The summed E-state index contributed by atoms with van der Waals surface area (Å²) in [5.74, 6) is 2.30. The molecule has 1 aliphatic rings. The molecule has 4 rings (SSSR count). The molecule has 1 N–H and O–H groups in total. The molecule has 0 bridgehead atoms. The molecule has 0 atom stereocenters. The van der Waals surface area contributed by atoms with E-state index in [1.807, 2.05) is 18.2 Å². The van der Waals surface area contributed by atoms with E-state index in [1.54, 1.807) is 35.6 Å². The molecule has 1 aromatic carbocycles. The van der Waals surface area contributed by atoms with Crippen LogP contribution in [0.3, 0.4) is 0 Å². The summed E-state index contributed by atoms with van der Waals surface area (Å²) in [5, 5.41) is 3.66. The van der Waals surface area contributed by atoms with Gasteiger partial charge in [0.2, 0.25) is 18.6 Å². The Morgan fingerprint density at radius 2 is 2.15 bits per heavy atom. The van der Waals surface area contributed by atoms with Gasteiger partial charge in [-0.1, -0.05) is 17.8 Å². The first-order chi connectivity index (χ1) is 13.3. The number of fused-ring (bicyclic) bond motifs is 1. The molecule has 0 fully saturated rings. The van der Waals surface area contributed by atoms with Crippen molar-refractivity contribution in [2.45, 2.75) is 11.4 Å². The van der Waals surface area contributed by atoms with Gasteiger partial charge in [0.1, 0.15) is 11.4 Å². The number of nitrogens with zero attached hydrogens (tertiary/aromatic N) is 4. The third-order valence-corrected chi connectivity index (χ3v) is 4.81. The van der Waals surface area contributed by atoms with Gasteiger partial charge >= 0.3 is 0 Å². The molecule has 1 aliphatic heterocycles. The number of hydrogen-bond acceptors (Lipinski definition) is 7. The van der Waals surface area contributed by atoms with E-state index in [4.69, 9.17) is 9.47 Å². The summed E-state index contributed by atoms with van der Waals surface area (Å²) in [5.41, 5.74) is 1.09. The monoisotopic (exact) mass is 383 g/mol. The van der Waals surface area contributed by atoms with Crippen molar-refractivity contribution in [2.24, 2.45) is 0 Å². The predicted molar refractivity (Wildman–Crippen MR) is 99.2 cm³/mol. The molecule has 0 unspecified atom stereocenters. The zero-order valence-electron chi connectivity index (χ0n) is 14.4. The maximum Gasteiger partial charge on any atom is 0.235 e. The maximum atomic E-state index is 12.1. The lowest BCUT2D eigenvalue weighted by Crippen LogP contribution is -2.27. The Morgan fingerprint density at radius 3 is 3.04 bits per heavy atom. The summed E-state index contributed by atoms with van der Waals surface area (Å²) in [4.78, 5) is 24.7. The topological polar surface area (TPSA) is 91.2 Å². The third kappa shape index (κ3) is 4.37. The summed E-state index contributed by atoms with van der Waals surface area (Å²) >= 11 is 1.37. The number of amides is 1. The number of aromatic nitrogens is 4. The fourth-order valence-corrected chi connectivity index (χ4v) is 3.23. The Hall–Kier alpha value is -3.07. The van der Waals surface area contributed by atoms with Gasteiger partial charge in [0, 0.05) is 25.1 Å². The standard InChI is InChI=1S/C18H17N5O3S/c24-16(20-5-3-13-1-2-14-15(9-13)26-12-25-14)10-27-17-4-6-21-18(22-17)23-8-7-19-11-23/h1-2,4,6-9,11H,3,5,10,12H2,(H,20,24). The Morgan fingerprint density at radius 1 is 1.22 bits per heavy atom. The van der Waals surface area contributed by atoms with Crippen LogP contribution in [-0.2, 0) is 11.2 Å². The number of carbonyl (C=O) groups is 1. The highest BCUT2D eigenvalue weighted by atomic mass is 32.2. The van der Waals surface area contributed by atoms with E-state index in [0.717, 1.165) is 28.5 Å². The number of thioether (sulfide) groups is 1. The largest absolute Gasteiger partial charge is 0.454 e. The lowest BCUT2D eigenvalue weighted by atomic mass is 10.1. The second kappa shape index (κ2) is 8.09. The predicted octanol–water partition coefficient (Wildman–Crippen LogP) is 1.84. The summed E-state index contributed by atoms with van der Waals surface area (Å²) in [6.07, 6.45) is 7.46. The van der Waals surface area contributed by atoms with Gasteiger partial charge in [0.25, 0.3) is 0 Å². The smallest absolute Gasteiger partial charge is 0.235 e. The van der Waals surface area contributed by atoms with Crippen molar-refractivity contribution in [3.63, 3.8) is 0 Å². The van der Waals surface area contributed by atoms with Crippen LogP contribution in [-0.4, -0.2) is 44.5 Å². The molecule has 8 nitrogen and oxygen atoms in total.